The Morgan fingerprint density at radius 1 is 0.976 bits per heavy atom. The van der Waals surface area contributed by atoms with Crippen LogP contribution in [0.25, 0.3) is 11.3 Å². The average Bonchev–Trinajstić information content (AvgIpc) is 3.85. The molecule has 1 aromatic heterocycles. The first-order chi connectivity index (χ1) is 20.2. The van der Waals surface area contributed by atoms with Crippen molar-refractivity contribution < 1.29 is 17.9 Å². The Kier molecular flexibility index (Phi) is 6.93. The molecule has 3 aromatic rings. The third-order valence-electron chi connectivity index (χ3n) is 9.15. The number of carbonyl (C=O) groups is 1. The lowest BCUT2D eigenvalue weighted by atomic mass is 9.91. The highest BCUT2D eigenvalue weighted by molar-refractivity contribution is 7.92. The van der Waals surface area contributed by atoms with Crippen molar-refractivity contribution in [3.8, 4) is 17.1 Å². The molecule has 42 heavy (non-hydrogen) atoms. The van der Waals surface area contributed by atoms with Gasteiger partial charge in [-0.25, -0.2) is 18.1 Å². The standard InChI is InChI=1S/C32H37N5O4S/c1-19-5-3-6-20(2)30(19)28-15-29-35-32(34-28)36-42(39,40)26-8-4-7-24(14-26)33-31(38)23-13-25(41-29)17-37(16-23)18-27(21-9-10-21)22-11-12-22/h3-8,14-15,21-23,25,27H,9-13,16-18H2,1-2H3,(H,33,38)(H,34,35,36)/t23-,25+/m1/s1. The minimum atomic E-state index is -4.04. The summed E-state index contributed by atoms with van der Waals surface area (Å²) in [5, 5.41) is 2.98. The van der Waals surface area contributed by atoms with Gasteiger partial charge < -0.3 is 10.1 Å². The maximum Gasteiger partial charge on any atom is 0.264 e. The monoisotopic (exact) mass is 587 g/mol. The SMILES string of the molecule is Cc1cccc(C)c1-c1cc2nc(n1)NS(=O)(=O)c1cccc(c1)NC(=O)[C@@H]1C[C@@H](CN(CC(C3CC3)C3CC3)C1)O2. The molecule has 1 amide bonds. The number of piperidine rings is 1. The molecule has 7 rings (SSSR count). The van der Waals surface area contributed by atoms with Crippen LogP contribution >= 0.6 is 0 Å². The summed E-state index contributed by atoms with van der Waals surface area (Å²) in [5.74, 6) is 2.12. The van der Waals surface area contributed by atoms with Crippen molar-refractivity contribution in [2.24, 2.45) is 23.7 Å². The summed E-state index contributed by atoms with van der Waals surface area (Å²) in [4.78, 5) is 25.2. The molecule has 1 saturated heterocycles. The number of nitrogens with one attached hydrogen (secondary N) is 2. The van der Waals surface area contributed by atoms with Gasteiger partial charge in [-0.05, 0) is 93.0 Å². The van der Waals surface area contributed by atoms with Crippen LogP contribution in [-0.2, 0) is 14.8 Å². The van der Waals surface area contributed by atoms with Crippen molar-refractivity contribution in [1.82, 2.24) is 14.9 Å². The molecule has 2 atom stereocenters. The predicted octanol–water partition coefficient (Wildman–Crippen LogP) is 5.02. The van der Waals surface area contributed by atoms with E-state index < -0.39 is 10.0 Å². The Hall–Kier alpha value is -3.50. The van der Waals surface area contributed by atoms with Gasteiger partial charge in [0.15, 0.2) is 0 Å². The normalized spacial score (nSPS) is 23.8. The molecule has 2 aromatic carbocycles. The molecule has 9 nitrogen and oxygen atoms in total. The van der Waals surface area contributed by atoms with Crippen LogP contribution in [-0.4, -0.2) is 54.9 Å². The number of nitrogens with zero attached hydrogens (tertiary/aromatic N) is 3. The number of carbonyl (C=O) groups excluding carboxylic acids is 1. The van der Waals surface area contributed by atoms with Crippen LogP contribution in [0.3, 0.4) is 0 Å². The Labute approximate surface area is 247 Å². The Morgan fingerprint density at radius 3 is 2.40 bits per heavy atom. The van der Waals surface area contributed by atoms with E-state index in [0.717, 1.165) is 35.1 Å². The third kappa shape index (κ3) is 5.74. The fraction of sp³-hybridized carbons (Fsp3) is 0.469. The summed E-state index contributed by atoms with van der Waals surface area (Å²) in [6.45, 7) is 6.34. The highest BCUT2D eigenvalue weighted by atomic mass is 32.2. The van der Waals surface area contributed by atoms with Crippen molar-refractivity contribution in [3.63, 3.8) is 0 Å². The van der Waals surface area contributed by atoms with Crippen LogP contribution in [0.1, 0.15) is 43.2 Å². The first-order valence-electron chi connectivity index (χ1n) is 15.0. The first kappa shape index (κ1) is 27.3. The summed E-state index contributed by atoms with van der Waals surface area (Å²) >= 11 is 0. The van der Waals surface area contributed by atoms with Crippen LogP contribution in [0.4, 0.5) is 11.6 Å². The number of benzene rings is 2. The minimum absolute atomic E-state index is 0.0146. The van der Waals surface area contributed by atoms with E-state index in [9.17, 15) is 13.2 Å². The van der Waals surface area contributed by atoms with Crippen LogP contribution < -0.4 is 14.8 Å². The van der Waals surface area contributed by atoms with Gasteiger partial charge in [0.05, 0.1) is 16.5 Å². The van der Waals surface area contributed by atoms with E-state index >= 15 is 0 Å². The van der Waals surface area contributed by atoms with Crippen molar-refractivity contribution in [3.05, 3.63) is 59.7 Å². The quantitative estimate of drug-likeness (QED) is 0.431. The molecule has 3 fully saturated rings. The van der Waals surface area contributed by atoms with Gasteiger partial charge in [0, 0.05) is 37.0 Å². The maximum absolute atomic E-state index is 13.6. The molecule has 10 heteroatoms. The van der Waals surface area contributed by atoms with Gasteiger partial charge in [-0.1, -0.05) is 24.3 Å². The zero-order chi connectivity index (χ0) is 29.0. The number of hydrogen-bond donors (Lipinski definition) is 2. The van der Waals surface area contributed by atoms with Gasteiger partial charge in [0.25, 0.3) is 10.0 Å². The highest BCUT2D eigenvalue weighted by Gasteiger charge is 2.43. The number of likely N-dealkylation sites (tertiary alicyclic amines) is 1. The van der Waals surface area contributed by atoms with E-state index in [1.807, 2.05) is 32.0 Å². The van der Waals surface area contributed by atoms with Crippen LogP contribution in [0, 0.1) is 37.5 Å². The molecular formula is C32H37N5O4S. The van der Waals surface area contributed by atoms with Gasteiger partial charge in [0.2, 0.25) is 17.7 Å². The van der Waals surface area contributed by atoms with E-state index in [0.29, 0.717) is 36.8 Å². The molecular weight excluding hydrogens is 550 g/mol. The molecule has 0 spiro atoms. The Bertz CT molecular complexity index is 1600. The lowest BCUT2D eigenvalue weighted by Crippen LogP contribution is -2.50. The van der Waals surface area contributed by atoms with E-state index in [2.05, 4.69) is 24.9 Å². The van der Waals surface area contributed by atoms with Gasteiger partial charge in [0.1, 0.15) is 6.10 Å². The smallest absolute Gasteiger partial charge is 0.264 e. The van der Waals surface area contributed by atoms with Crippen molar-refractivity contribution in [2.45, 2.75) is 57.0 Å². The van der Waals surface area contributed by atoms with Crippen molar-refractivity contribution in [2.75, 3.05) is 29.7 Å². The van der Waals surface area contributed by atoms with Gasteiger partial charge in [-0.15, -0.1) is 0 Å². The molecule has 4 aliphatic rings. The third-order valence-corrected chi connectivity index (χ3v) is 10.5. The van der Waals surface area contributed by atoms with Crippen LogP contribution in [0.2, 0.25) is 0 Å². The van der Waals surface area contributed by atoms with E-state index in [1.165, 1.54) is 37.8 Å². The van der Waals surface area contributed by atoms with Gasteiger partial charge >= 0.3 is 0 Å². The van der Waals surface area contributed by atoms with Gasteiger partial charge in [-0.2, -0.15) is 4.98 Å². The van der Waals surface area contributed by atoms with Gasteiger partial charge in [-0.3, -0.25) is 9.69 Å². The molecule has 6 bridgehead atoms. The van der Waals surface area contributed by atoms with Crippen LogP contribution in [0.15, 0.2) is 53.4 Å². The minimum Gasteiger partial charge on any atom is -0.473 e. The summed E-state index contributed by atoms with van der Waals surface area (Å²) < 4.78 is 35.9. The first-order valence-corrected chi connectivity index (χ1v) is 16.5. The van der Waals surface area contributed by atoms with Crippen LogP contribution in [0.5, 0.6) is 5.88 Å². The number of sulfonamides is 1. The number of aryl methyl sites for hydroxylation is 2. The summed E-state index contributed by atoms with van der Waals surface area (Å²) in [6, 6.07) is 14.1. The summed E-state index contributed by atoms with van der Waals surface area (Å²) in [6.07, 6.45) is 5.52. The van der Waals surface area contributed by atoms with E-state index in [1.54, 1.807) is 18.2 Å². The number of fused-ring (bicyclic) bond motifs is 6. The number of aromatic nitrogens is 2. The number of hydrogen-bond acceptors (Lipinski definition) is 7. The highest BCUT2D eigenvalue weighted by Crippen LogP contribution is 2.49. The van der Waals surface area contributed by atoms with Crippen molar-refractivity contribution >= 4 is 27.6 Å². The number of rotatable bonds is 5. The molecule has 3 heterocycles. The van der Waals surface area contributed by atoms with E-state index in [4.69, 9.17) is 4.74 Å². The molecule has 220 valence electrons. The lowest BCUT2D eigenvalue weighted by Gasteiger charge is -2.38. The number of anilines is 2. The fourth-order valence-corrected chi connectivity index (χ4v) is 7.80. The Morgan fingerprint density at radius 2 is 1.69 bits per heavy atom. The summed E-state index contributed by atoms with van der Waals surface area (Å²) in [5.41, 5.74) is 3.96. The second-order valence-corrected chi connectivity index (χ2v) is 14.2. The zero-order valence-corrected chi connectivity index (χ0v) is 24.9. The zero-order valence-electron chi connectivity index (χ0n) is 24.0. The largest absolute Gasteiger partial charge is 0.473 e. The second-order valence-electron chi connectivity index (χ2n) is 12.5. The topological polar surface area (TPSA) is 114 Å². The van der Waals surface area contributed by atoms with E-state index in [-0.39, 0.29) is 34.7 Å². The maximum atomic E-state index is 13.6. The second kappa shape index (κ2) is 10.6. The molecule has 2 aliphatic carbocycles. The fourth-order valence-electron chi connectivity index (χ4n) is 6.81. The number of ether oxygens (including phenoxy) is 1. The molecule has 2 aliphatic heterocycles. The lowest BCUT2D eigenvalue weighted by molar-refractivity contribution is -0.123. The number of amides is 1. The Balaban J connectivity index is 1.29. The molecule has 0 radical (unpaired) electrons. The summed E-state index contributed by atoms with van der Waals surface area (Å²) in [7, 11) is -4.04. The molecule has 2 N–H and O–H groups in total. The average molecular weight is 588 g/mol. The molecule has 2 saturated carbocycles. The predicted molar refractivity (Wildman–Crippen MR) is 161 cm³/mol. The molecule has 0 unspecified atom stereocenters. The van der Waals surface area contributed by atoms with Crippen molar-refractivity contribution in [1.29, 1.82) is 0 Å².